The molecule has 2 amide bonds. The average Bonchev–Trinajstić information content (AvgIpc) is 2.72. The van der Waals surface area contributed by atoms with Gasteiger partial charge >= 0.3 is 0 Å². The van der Waals surface area contributed by atoms with Crippen molar-refractivity contribution in [3.05, 3.63) is 40.8 Å². The van der Waals surface area contributed by atoms with E-state index in [2.05, 4.69) is 0 Å². The molecule has 6 nitrogen and oxygen atoms in total. The summed E-state index contributed by atoms with van der Waals surface area (Å²) in [5.74, 6) is -3.00. The highest BCUT2D eigenvalue weighted by atomic mass is 32.2. The first-order chi connectivity index (χ1) is 10.4. The molecular formula is C14H11N2O4S2-. The van der Waals surface area contributed by atoms with Gasteiger partial charge in [0.05, 0.1) is 23.3 Å². The summed E-state index contributed by atoms with van der Waals surface area (Å²) in [5.41, 5.74) is 5.80. The molecule has 1 aliphatic rings. The second-order valence-electron chi connectivity index (χ2n) is 4.47. The fraction of sp³-hybridized carbons (Fsp3) is 0.143. The summed E-state index contributed by atoms with van der Waals surface area (Å²) >= 11 is 6.02. The number of carbonyl (C=O) groups excluding carboxylic acids is 3. The molecule has 0 radical (unpaired) electrons. The van der Waals surface area contributed by atoms with Crippen LogP contribution >= 0.6 is 24.0 Å². The van der Waals surface area contributed by atoms with Crippen LogP contribution in [0.4, 0.5) is 0 Å². The summed E-state index contributed by atoms with van der Waals surface area (Å²) in [7, 11) is 0. The van der Waals surface area contributed by atoms with E-state index in [0.717, 1.165) is 22.2 Å². The van der Waals surface area contributed by atoms with Crippen LogP contribution in [0, 0.1) is 0 Å². The van der Waals surface area contributed by atoms with Crippen LogP contribution in [0.2, 0.25) is 0 Å². The van der Waals surface area contributed by atoms with Gasteiger partial charge in [-0.3, -0.25) is 14.5 Å². The number of aliphatic carboxylic acids is 1. The van der Waals surface area contributed by atoms with Crippen molar-refractivity contribution in [2.45, 2.75) is 12.5 Å². The average molecular weight is 335 g/mol. The SMILES string of the molecule is NC(=O)C[C@H](C(=O)[O-])N1C(=O)/C(=C/c2ccccc2)SC1=S. The Morgan fingerprint density at radius 3 is 2.55 bits per heavy atom. The van der Waals surface area contributed by atoms with Crippen LogP contribution in [-0.2, 0) is 14.4 Å². The highest BCUT2D eigenvalue weighted by Crippen LogP contribution is 2.34. The summed E-state index contributed by atoms with van der Waals surface area (Å²) in [6.45, 7) is 0. The summed E-state index contributed by atoms with van der Waals surface area (Å²) in [4.78, 5) is 35.7. The van der Waals surface area contributed by atoms with E-state index in [0.29, 0.717) is 0 Å². The second-order valence-corrected chi connectivity index (χ2v) is 6.14. The van der Waals surface area contributed by atoms with E-state index in [1.165, 1.54) is 0 Å². The van der Waals surface area contributed by atoms with E-state index in [-0.39, 0.29) is 9.23 Å². The van der Waals surface area contributed by atoms with Crippen molar-refractivity contribution in [2.24, 2.45) is 5.73 Å². The lowest BCUT2D eigenvalue weighted by Crippen LogP contribution is -2.51. The van der Waals surface area contributed by atoms with E-state index >= 15 is 0 Å². The number of benzene rings is 1. The lowest BCUT2D eigenvalue weighted by atomic mass is 10.1. The van der Waals surface area contributed by atoms with Crippen LogP contribution in [0.5, 0.6) is 0 Å². The molecule has 2 N–H and O–H groups in total. The van der Waals surface area contributed by atoms with Gasteiger partial charge in [-0.25, -0.2) is 0 Å². The maximum Gasteiger partial charge on any atom is 0.266 e. The number of carbonyl (C=O) groups is 3. The van der Waals surface area contributed by atoms with Gasteiger partial charge < -0.3 is 15.6 Å². The molecule has 0 bridgehead atoms. The van der Waals surface area contributed by atoms with Gasteiger partial charge in [0, 0.05) is 0 Å². The number of nitrogens with zero attached hydrogens (tertiary/aromatic N) is 1. The lowest BCUT2D eigenvalue weighted by molar-refractivity contribution is -0.310. The van der Waals surface area contributed by atoms with Crippen molar-refractivity contribution in [3.8, 4) is 0 Å². The molecule has 0 saturated carbocycles. The topological polar surface area (TPSA) is 104 Å². The molecule has 2 rings (SSSR count). The Bertz CT molecular complexity index is 673. The summed E-state index contributed by atoms with van der Waals surface area (Å²) in [6.07, 6.45) is 1.06. The second kappa shape index (κ2) is 6.71. The van der Waals surface area contributed by atoms with Gasteiger partial charge in [0.1, 0.15) is 4.32 Å². The van der Waals surface area contributed by atoms with Gasteiger partial charge in [-0.15, -0.1) is 0 Å². The minimum atomic E-state index is -1.57. The number of hydrogen-bond acceptors (Lipinski definition) is 6. The molecule has 1 aliphatic heterocycles. The van der Waals surface area contributed by atoms with Crippen LogP contribution < -0.4 is 10.8 Å². The number of hydrogen-bond donors (Lipinski definition) is 1. The zero-order valence-electron chi connectivity index (χ0n) is 11.2. The van der Waals surface area contributed by atoms with Crippen LogP contribution in [0.3, 0.4) is 0 Å². The molecular weight excluding hydrogens is 324 g/mol. The molecule has 1 heterocycles. The fourth-order valence-corrected chi connectivity index (χ4v) is 3.28. The zero-order valence-corrected chi connectivity index (χ0v) is 12.9. The van der Waals surface area contributed by atoms with Crippen LogP contribution in [0.25, 0.3) is 6.08 Å². The summed E-state index contributed by atoms with van der Waals surface area (Å²) in [5, 5.41) is 11.2. The maximum absolute atomic E-state index is 12.4. The lowest BCUT2D eigenvalue weighted by Gasteiger charge is -2.26. The van der Waals surface area contributed by atoms with Gasteiger partial charge in [-0.2, -0.15) is 0 Å². The summed E-state index contributed by atoms with van der Waals surface area (Å²) < 4.78 is 0.0580. The Balaban J connectivity index is 2.30. The number of primary amides is 1. The van der Waals surface area contributed by atoms with Gasteiger partial charge in [-0.05, 0) is 11.6 Å². The standard InChI is InChI=1S/C14H12N2O4S2/c15-11(17)7-9(13(19)20)16-12(18)10(22-14(16)21)6-8-4-2-1-3-5-8/h1-6,9H,7H2,(H2,15,17)(H,19,20)/p-1/b10-6-/t9-/m1/s1. The first-order valence-corrected chi connectivity index (χ1v) is 7.44. The minimum absolute atomic E-state index is 0.0580. The Kier molecular flexibility index (Phi) is 4.94. The molecule has 0 unspecified atom stereocenters. The van der Waals surface area contributed by atoms with E-state index < -0.39 is 30.2 Å². The fourth-order valence-electron chi connectivity index (χ4n) is 1.92. The number of thiocarbonyl (C=S) groups is 1. The van der Waals surface area contributed by atoms with Crippen LogP contribution in [-0.4, -0.2) is 33.0 Å². The third kappa shape index (κ3) is 3.52. The Labute approximate surface area is 136 Å². The predicted octanol–water partition coefficient (Wildman–Crippen LogP) is -0.118. The number of carboxylic acids is 1. The number of rotatable bonds is 5. The quantitative estimate of drug-likeness (QED) is 0.594. The number of nitrogens with two attached hydrogens (primary N) is 1. The molecule has 1 atom stereocenters. The maximum atomic E-state index is 12.4. The van der Waals surface area contributed by atoms with E-state index in [1.54, 1.807) is 18.2 Å². The smallest absolute Gasteiger partial charge is 0.266 e. The largest absolute Gasteiger partial charge is 0.548 e. The highest BCUT2D eigenvalue weighted by molar-refractivity contribution is 8.26. The van der Waals surface area contributed by atoms with Crippen LogP contribution in [0.15, 0.2) is 35.2 Å². The number of carboxylic acid groups (broad SMARTS) is 1. The van der Waals surface area contributed by atoms with E-state index in [4.69, 9.17) is 18.0 Å². The number of amides is 2. The normalized spacial score (nSPS) is 17.8. The molecule has 1 aromatic carbocycles. The molecule has 1 saturated heterocycles. The van der Waals surface area contributed by atoms with Crippen molar-refractivity contribution in [1.29, 1.82) is 0 Å². The number of thioether (sulfide) groups is 1. The van der Waals surface area contributed by atoms with Crippen molar-refractivity contribution in [2.75, 3.05) is 0 Å². The third-order valence-electron chi connectivity index (χ3n) is 2.90. The monoisotopic (exact) mass is 335 g/mol. The Morgan fingerprint density at radius 2 is 2.00 bits per heavy atom. The Hall–Kier alpha value is -2.19. The molecule has 8 heteroatoms. The molecule has 22 heavy (non-hydrogen) atoms. The zero-order chi connectivity index (χ0) is 16.3. The van der Waals surface area contributed by atoms with Gasteiger partial charge in [0.2, 0.25) is 5.91 Å². The van der Waals surface area contributed by atoms with Crippen molar-refractivity contribution in [1.82, 2.24) is 4.90 Å². The minimum Gasteiger partial charge on any atom is -0.548 e. The Morgan fingerprint density at radius 1 is 1.36 bits per heavy atom. The molecule has 1 fully saturated rings. The molecule has 0 spiro atoms. The highest BCUT2D eigenvalue weighted by Gasteiger charge is 2.38. The van der Waals surface area contributed by atoms with Gasteiger partial charge in [-0.1, -0.05) is 54.3 Å². The van der Waals surface area contributed by atoms with Gasteiger partial charge in [0.15, 0.2) is 0 Å². The molecule has 0 aromatic heterocycles. The predicted molar refractivity (Wildman–Crippen MR) is 84.1 cm³/mol. The van der Waals surface area contributed by atoms with Crippen molar-refractivity contribution in [3.63, 3.8) is 0 Å². The first-order valence-electron chi connectivity index (χ1n) is 6.21. The molecule has 114 valence electrons. The van der Waals surface area contributed by atoms with Gasteiger partial charge in [0.25, 0.3) is 5.91 Å². The van der Waals surface area contributed by atoms with Crippen LogP contribution in [0.1, 0.15) is 12.0 Å². The molecule has 1 aromatic rings. The van der Waals surface area contributed by atoms with E-state index in [1.807, 2.05) is 18.2 Å². The van der Waals surface area contributed by atoms with Crippen molar-refractivity contribution < 1.29 is 19.5 Å². The first kappa shape index (κ1) is 16.2. The molecule has 0 aliphatic carbocycles. The van der Waals surface area contributed by atoms with Crippen molar-refractivity contribution >= 4 is 52.2 Å². The summed E-state index contributed by atoms with van der Waals surface area (Å²) in [6, 6.07) is 7.55. The third-order valence-corrected chi connectivity index (χ3v) is 4.23. The van der Waals surface area contributed by atoms with E-state index in [9.17, 15) is 19.5 Å².